The van der Waals surface area contributed by atoms with Gasteiger partial charge in [-0.25, -0.2) is 8.42 Å². The fourth-order valence-corrected chi connectivity index (χ4v) is 2.10. The second-order valence-electron chi connectivity index (χ2n) is 5.78. The zero-order chi connectivity index (χ0) is 15.7. The second-order valence-corrected chi connectivity index (χ2v) is 7.80. The van der Waals surface area contributed by atoms with Crippen LogP contribution in [0.2, 0.25) is 0 Å². The van der Waals surface area contributed by atoms with E-state index in [0.29, 0.717) is 0 Å². The Morgan fingerprint density at radius 1 is 1.35 bits per heavy atom. The van der Waals surface area contributed by atoms with Gasteiger partial charge in [-0.2, -0.15) is 0 Å². The first-order valence-corrected chi connectivity index (χ1v) is 7.91. The molecular formula is C13H20N2O4S. The van der Waals surface area contributed by atoms with Crippen LogP contribution in [0, 0.1) is 5.41 Å². The van der Waals surface area contributed by atoms with E-state index in [1.54, 1.807) is 0 Å². The molecule has 1 aromatic carbocycles. The van der Waals surface area contributed by atoms with Crippen LogP contribution in [0.25, 0.3) is 0 Å². The van der Waals surface area contributed by atoms with Crippen molar-refractivity contribution in [2.24, 2.45) is 11.1 Å². The lowest BCUT2D eigenvalue weighted by Crippen LogP contribution is -2.45. The maximum atomic E-state index is 12.0. The number of sulfone groups is 1. The number of phenolic OH excluding ortho intramolecular Hbond substituents is 1. The largest absolute Gasteiger partial charge is 0.506 e. The average Bonchev–Trinajstić information content (AvgIpc) is 2.28. The van der Waals surface area contributed by atoms with Gasteiger partial charge in [-0.15, -0.1) is 0 Å². The number of hydrogen-bond acceptors (Lipinski definition) is 5. The van der Waals surface area contributed by atoms with E-state index in [2.05, 4.69) is 5.32 Å². The number of phenols is 1. The summed E-state index contributed by atoms with van der Waals surface area (Å²) in [7, 11) is -3.42. The molecule has 0 saturated heterocycles. The lowest BCUT2D eigenvalue weighted by Gasteiger charge is -2.26. The zero-order valence-electron chi connectivity index (χ0n) is 12.0. The minimum absolute atomic E-state index is 0.00919. The summed E-state index contributed by atoms with van der Waals surface area (Å²) in [6.07, 6.45) is 1.05. The SMILES string of the molecule is CC(C)(C)[C@@H](N)C(=O)Nc1cc(S(C)(=O)=O)ccc1O. The van der Waals surface area contributed by atoms with Crippen LogP contribution >= 0.6 is 0 Å². The van der Waals surface area contributed by atoms with Crippen molar-refractivity contribution in [3.63, 3.8) is 0 Å². The van der Waals surface area contributed by atoms with E-state index in [1.807, 2.05) is 20.8 Å². The third-order valence-electron chi connectivity index (χ3n) is 2.87. The molecule has 0 aliphatic rings. The Morgan fingerprint density at radius 3 is 2.35 bits per heavy atom. The van der Waals surface area contributed by atoms with Crippen molar-refractivity contribution in [3.05, 3.63) is 18.2 Å². The summed E-state index contributed by atoms with van der Waals surface area (Å²) >= 11 is 0. The number of carbonyl (C=O) groups excluding carboxylic acids is 1. The quantitative estimate of drug-likeness (QED) is 0.724. The maximum Gasteiger partial charge on any atom is 0.241 e. The molecule has 0 heterocycles. The fourth-order valence-electron chi connectivity index (χ4n) is 1.45. The van der Waals surface area contributed by atoms with Crippen molar-refractivity contribution in [1.82, 2.24) is 0 Å². The van der Waals surface area contributed by atoms with Gasteiger partial charge in [-0.3, -0.25) is 4.79 Å². The van der Waals surface area contributed by atoms with Crippen molar-refractivity contribution in [2.75, 3.05) is 11.6 Å². The summed E-state index contributed by atoms with van der Waals surface area (Å²) in [5, 5.41) is 12.1. The van der Waals surface area contributed by atoms with Gasteiger partial charge in [0.1, 0.15) is 5.75 Å². The van der Waals surface area contributed by atoms with Gasteiger partial charge in [-0.05, 0) is 23.6 Å². The number of amides is 1. The van der Waals surface area contributed by atoms with Crippen molar-refractivity contribution < 1.29 is 18.3 Å². The summed E-state index contributed by atoms with van der Waals surface area (Å²) in [4.78, 5) is 12.0. The molecule has 1 atom stereocenters. The third kappa shape index (κ3) is 3.94. The molecule has 1 aromatic rings. The van der Waals surface area contributed by atoms with Gasteiger partial charge < -0.3 is 16.2 Å². The third-order valence-corrected chi connectivity index (χ3v) is 3.98. The highest BCUT2D eigenvalue weighted by Crippen LogP contribution is 2.27. The lowest BCUT2D eigenvalue weighted by atomic mass is 9.87. The molecule has 6 nitrogen and oxygen atoms in total. The molecule has 0 bridgehead atoms. The Hall–Kier alpha value is -1.60. The number of rotatable bonds is 3. The van der Waals surface area contributed by atoms with Crippen molar-refractivity contribution in [3.8, 4) is 5.75 Å². The maximum absolute atomic E-state index is 12.0. The van der Waals surface area contributed by atoms with E-state index < -0.39 is 27.2 Å². The first-order chi connectivity index (χ1) is 8.93. The fraction of sp³-hybridized carbons (Fsp3) is 0.462. The minimum Gasteiger partial charge on any atom is -0.506 e. The van der Waals surface area contributed by atoms with E-state index in [-0.39, 0.29) is 16.3 Å². The van der Waals surface area contributed by atoms with E-state index >= 15 is 0 Å². The highest BCUT2D eigenvalue weighted by atomic mass is 32.2. The average molecular weight is 300 g/mol. The molecule has 112 valence electrons. The summed E-state index contributed by atoms with van der Waals surface area (Å²) < 4.78 is 22.9. The van der Waals surface area contributed by atoms with Crippen molar-refractivity contribution in [2.45, 2.75) is 31.7 Å². The van der Waals surface area contributed by atoms with Gasteiger partial charge in [0.25, 0.3) is 0 Å². The van der Waals surface area contributed by atoms with Crippen LogP contribution in [0.15, 0.2) is 23.1 Å². The molecule has 4 N–H and O–H groups in total. The number of nitrogens with one attached hydrogen (secondary N) is 1. The standard InChI is InChI=1S/C13H20N2O4S/c1-13(2,3)11(14)12(17)15-9-7-8(20(4,18)19)5-6-10(9)16/h5-7,11,16H,14H2,1-4H3,(H,15,17)/t11-/m0/s1. The van der Waals surface area contributed by atoms with Crippen molar-refractivity contribution in [1.29, 1.82) is 0 Å². The van der Waals surface area contributed by atoms with Gasteiger partial charge in [-0.1, -0.05) is 20.8 Å². The van der Waals surface area contributed by atoms with Gasteiger partial charge >= 0.3 is 0 Å². The van der Waals surface area contributed by atoms with E-state index in [0.717, 1.165) is 6.26 Å². The highest BCUT2D eigenvalue weighted by Gasteiger charge is 2.28. The molecule has 0 aliphatic carbocycles. The monoisotopic (exact) mass is 300 g/mol. The molecule has 0 unspecified atom stereocenters. The Labute approximate surface area is 118 Å². The molecule has 0 aromatic heterocycles. The molecular weight excluding hydrogens is 280 g/mol. The molecule has 20 heavy (non-hydrogen) atoms. The van der Waals surface area contributed by atoms with E-state index in [9.17, 15) is 18.3 Å². The van der Waals surface area contributed by atoms with Gasteiger partial charge in [0.05, 0.1) is 16.6 Å². The van der Waals surface area contributed by atoms with Gasteiger partial charge in [0.2, 0.25) is 5.91 Å². The van der Waals surface area contributed by atoms with Gasteiger partial charge in [0.15, 0.2) is 9.84 Å². The number of benzene rings is 1. The summed E-state index contributed by atoms with van der Waals surface area (Å²) in [6, 6.07) is 2.90. The Kier molecular flexibility index (Phi) is 4.45. The number of anilines is 1. The van der Waals surface area contributed by atoms with Crippen LogP contribution in [0.5, 0.6) is 5.75 Å². The van der Waals surface area contributed by atoms with Crippen molar-refractivity contribution >= 4 is 21.4 Å². The highest BCUT2D eigenvalue weighted by molar-refractivity contribution is 7.90. The topological polar surface area (TPSA) is 109 Å². The summed E-state index contributed by atoms with van der Waals surface area (Å²) in [5.74, 6) is -0.703. The Balaban J connectivity index is 3.07. The van der Waals surface area contributed by atoms with Crippen LogP contribution in [-0.2, 0) is 14.6 Å². The Morgan fingerprint density at radius 2 is 1.90 bits per heavy atom. The molecule has 0 aliphatic heterocycles. The second kappa shape index (κ2) is 5.41. The summed E-state index contributed by atoms with van der Waals surface area (Å²) in [6.45, 7) is 5.43. The number of aromatic hydroxyl groups is 1. The number of hydrogen-bond donors (Lipinski definition) is 3. The summed E-state index contributed by atoms with van der Waals surface area (Å²) in [5.41, 5.74) is 5.38. The smallest absolute Gasteiger partial charge is 0.241 e. The zero-order valence-corrected chi connectivity index (χ0v) is 12.8. The molecule has 0 saturated carbocycles. The number of nitrogens with two attached hydrogens (primary N) is 1. The van der Waals surface area contributed by atoms with Crippen LogP contribution in [0.4, 0.5) is 5.69 Å². The molecule has 0 radical (unpaired) electrons. The van der Waals surface area contributed by atoms with Gasteiger partial charge in [0, 0.05) is 6.26 Å². The minimum atomic E-state index is -3.42. The molecule has 1 rings (SSSR count). The van der Waals surface area contributed by atoms with Crippen LogP contribution in [0.1, 0.15) is 20.8 Å². The molecule has 0 spiro atoms. The predicted octanol–water partition coefficient (Wildman–Crippen LogP) is 1.11. The van der Waals surface area contributed by atoms with E-state index in [4.69, 9.17) is 5.73 Å². The lowest BCUT2D eigenvalue weighted by molar-refractivity contribution is -0.119. The number of carbonyl (C=O) groups is 1. The van der Waals surface area contributed by atoms with Crippen LogP contribution < -0.4 is 11.1 Å². The Bertz CT molecular complexity index is 618. The van der Waals surface area contributed by atoms with Crippen LogP contribution in [-0.4, -0.2) is 31.7 Å². The molecule has 1 amide bonds. The first-order valence-electron chi connectivity index (χ1n) is 6.02. The molecule has 0 fully saturated rings. The molecule has 7 heteroatoms. The first kappa shape index (κ1) is 16.5. The predicted molar refractivity (Wildman–Crippen MR) is 77.3 cm³/mol. The van der Waals surface area contributed by atoms with Crippen LogP contribution in [0.3, 0.4) is 0 Å². The normalized spacial score (nSPS) is 13.8. The van der Waals surface area contributed by atoms with E-state index in [1.165, 1.54) is 18.2 Å².